The summed E-state index contributed by atoms with van der Waals surface area (Å²) in [6.07, 6.45) is -8.86. The summed E-state index contributed by atoms with van der Waals surface area (Å²) < 4.78 is 74.2. The lowest BCUT2D eigenvalue weighted by atomic mass is 10.1. The molecule has 9 heteroatoms. The molecule has 1 aromatic heterocycles. The molecule has 1 N–H and O–H groups in total. The Morgan fingerprint density at radius 2 is 1.89 bits per heavy atom. The summed E-state index contributed by atoms with van der Waals surface area (Å²) in [4.78, 5) is 3.08. The van der Waals surface area contributed by atoms with Crippen LogP contribution in [0.1, 0.15) is 35.7 Å². The van der Waals surface area contributed by atoms with Crippen molar-refractivity contribution in [1.82, 2.24) is 10.3 Å². The summed E-state index contributed by atoms with van der Waals surface area (Å²) in [5.41, 5.74) is 0. The highest BCUT2D eigenvalue weighted by Crippen LogP contribution is 2.37. The first kappa shape index (κ1) is 16.2. The monoisotopic (exact) mass is 306 g/mol. The van der Waals surface area contributed by atoms with Crippen LogP contribution in [0.5, 0.6) is 0 Å². The maximum Gasteiger partial charge on any atom is 0.443 e. The van der Waals surface area contributed by atoms with E-state index in [1.54, 1.807) is 6.92 Å². The normalized spacial score (nSPS) is 14.7. The topological polar surface area (TPSA) is 24.9 Å². The van der Waals surface area contributed by atoms with Crippen LogP contribution in [0.25, 0.3) is 0 Å². The largest absolute Gasteiger partial charge is 0.443 e. The van der Waals surface area contributed by atoms with Crippen LogP contribution in [0.15, 0.2) is 6.20 Å². The first-order valence-electron chi connectivity index (χ1n) is 5.46. The Labute approximate surface area is 109 Å². The molecule has 1 unspecified atom stereocenters. The summed E-state index contributed by atoms with van der Waals surface area (Å²) in [6.45, 7) is 2.05. The van der Waals surface area contributed by atoms with Gasteiger partial charge in [0, 0.05) is 11.1 Å². The van der Waals surface area contributed by atoms with Gasteiger partial charge in [0.1, 0.15) is 0 Å². The van der Waals surface area contributed by atoms with E-state index in [1.165, 1.54) is 0 Å². The molecular formula is C10H12F6N2S. The molecule has 110 valence electrons. The van der Waals surface area contributed by atoms with E-state index in [0.717, 1.165) is 6.20 Å². The van der Waals surface area contributed by atoms with E-state index in [4.69, 9.17) is 0 Å². The third-order valence-electron chi connectivity index (χ3n) is 2.19. The average Bonchev–Trinajstić information content (AvgIpc) is 2.71. The first-order chi connectivity index (χ1) is 8.63. The highest BCUT2D eigenvalue weighted by atomic mass is 32.1. The molecule has 1 atom stereocenters. The molecule has 1 heterocycles. The number of hydrogen-bond donors (Lipinski definition) is 1. The highest BCUT2D eigenvalue weighted by Gasteiger charge is 2.37. The molecule has 0 radical (unpaired) electrons. The van der Waals surface area contributed by atoms with Gasteiger partial charge in [-0.1, -0.05) is 6.92 Å². The predicted molar refractivity (Wildman–Crippen MR) is 58.8 cm³/mol. The van der Waals surface area contributed by atoms with Gasteiger partial charge in [-0.05, 0) is 13.0 Å². The van der Waals surface area contributed by atoms with Gasteiger partial charge in [-0.25, -0.2) is 4.98 Å². The molecule has 0 aromatic carbocycles. The predicted octanol–water partition coefficient (Wildman–Crippen LogP) is 4.16. The maximum absolute atomic E-state index is 12.4. The van der Waals surface area contributed by atoms with Crippen LogP contribution in [0.4, 0.5) is 26.3 Å². The van der Waals surface area contributed by atoms with E-state index < -0.39 is 29.8 Å². The molecule has 2 nitrogen and oxygen atoms in total. The van der Waals surface area contributed by atoms with E-state index in [0.29, 0.717) is 13.0 Å². The highest BCUT2D eigenvalue weighted by molar-refractivity contribution is 7.11. The number of rotatable bonds is 5. The van der Waals surface area contributed by atoms with Crippen molar-refractivity contribution in [2.45, 2.75) is 38.2 Å². The maximum atomic E-state index is 12.4. The van der Waals surface area contributed by atoms with Crippen molar-refractivity contribution >= 4 is 11.3 Å². The van der Waals surface area contributed by atoms with Crippen LogP contribution < -0.4 is 5.32 Å². The minimum Gasteiger partial charge on any atom is -0.309 e. The molecule has 0 fully saturated rings. The molecule has 0 aliphatic carbocycles. The number of nitrogens with zero attached hydrogens (tertiary/aromatic N) is 1. The second-order valence-electron chi connectivity index (χ2n) is 3.89. The SMILES string of the molecule is CCCNC(CC(F)(F)F)c1cnc(C(F)(F)F)s1. The van der Waals surface area contributed by atoms with Gasteiger partial charge in [0.15, 0.2) is 5.01 Å². The third kappa shape index (κ3) is 5.35. The zero-order valence-electron chi connectivity index (χ0n) is 9.90. The van der Waals surface area contributed by atoms with Crippen LogP contribution in [0, 0.1) is 0 Å². The Hall–Kier alpha value is -0.830. The lowest BCUT2D eigenvalue weighted by Crippen LogP contribution is -2.26. The van der Waals surface area contributed by atoms with Crippen molar-refractivity contribution < 1.29 is 26.3 Å². The molecule has 0 aliphatic heterocycles. The van der Waals surface area contributed by atoms with E-state index in [1.807, 2.05) is 0 Å². The fourth-order valence-electron chi connectivity index (χ4n) is 1.40. The number of aromatic nitrogens is 1. The van der Waals surface area contributed by atoms with Crippen molar-refractivity contribution in [3.05, 3.63) is 16.1 Å². The zero-order chi connectivity index (χ0) is 14.7. The summed E-state index contributed by atoms with van der Waals surface area (Å²) in [5.74, 6) is 0. The van der Waals surface area contributed by atoms with Crippen molar-refractivity contribution in [2.75, 3.05) is 6.54 Å². The van der Waals surface area contributed by atoms with E-state index in [-0.39, 0.29) is 16.2 Å². The molecule has 0 amide bonds. The van der Waals surface area contributed by atoms with Crippen LogP contribution in [0.3, 0.4) is 0 Å². The molecule has 0 spiro atoms. The Balaban J connectivity index is 2.88. The molecule has 19 heavy (non-hydrogen) atoms. The lowest BCUT2D eigenvalue weighted by Gasteiger charge is -2.18. The first-order valence-corrected chi connectivity index (χ1v) is 6.28. The standard InChI is InChI=1S/C10H12F6N2S/c1-2-3-17-6(4-9(11,12)13)7-5-18-8(19-7)10(14,15)16/h5-6,17H,2-4H2,1H3. The van der Waals surface area contributed by atoms with Gasteiger partial charge in [0.25, 0.3) is 0 Å². The van der Waals surface area contributed by atoms with Gasteiger partial charge in [0.2, 0.25) is 0 Å². The number of halogens is 6. The minimum atomic E-state index is -4.63. The number of nitrogens with one attached hydrogen (secondary N) is 1. The van der Waals surface area contributed by atoms with Crippen molar-refractivity contribution in [3.63, 3.8) is 0 Å². The average molecular weight is 306 g/mol. The van der Waals surface area contributed by atoms with E-state index in [2.05, 4.69) is 10.3 Å². The molecule has 0 saturated carbocycles. The molecule has 0 aliphatic rings. The van der Waals surface area contributed by atoms with Gasteiger partial charge in [-0.2, -0.15) is 26.3 Å². The van der Waals surface area contributed by atoms with Crippen molar-refractivity contribution in [3.8, 4) is 0 Å². The van der Waals surface area contributed by atoms with Crippen molar-refractivity contribution in [1.29, 1.82) is 0 Å². The fraction of sp³-hybridized carbons (Fsp3) is 0.700. The smallest absolute Gasteiger partial charge is 0.309 e. The van der Waals surface area contributed by atoms with Crippen molar-refractivity contribution in [2.24, 2.45) is 0 Å². The Kier molecular flexibility index (Phi) is 5.19. The second-order valence-corrected chi connectivity index (χ2v) is 4.95. The van der Waals surface area contributed by atoms with Crippen LogP contribution in [-0.2, 0) is 6.18 Å². The third-order valence-corrected chi connectivity index (χ3v) is 3.34. The Bertz CT molecular complexity index is 397. The number of hydrogen-bond acceptors (Lipinski definition) is 3. The van der Waals surface area contributed by atoms with Crippen LogP contribution in [-0.4, -0.2) is 17.7 Å². The molecular weight excluding hydrogens is 294 g/mol. The Morgan fingerprint density at radius 3 is 2.32 bits per heavy atom. The van der Waals surface area contributed by atoms with Crippen LogP contribution >= 0.6 is 11.3 Å². The quantitative estimate of drug-likeness (QED) is 0.826. The zero-order valence-corrected chi connectivity index (χ0v) is 10.7. The molecule has 1 rings (SSSR count). The van der Waals surface area contributed by atoms with Crippen LogP contribution in [0.2, 0.25) is 0 Å². The summed E-state index contributed by atoms with van der Waals surface area (Å²) in [7, 11) is 0. The van der Waals surface area contributed by atoms with Gasteiger partial charge in [0.05, 0.1) is 12.5 Å². The number of alkyl halides is 6. The van der Waals surface area contributed by atoms with E-state index in [9.17, 15) is 26.3 Å². The molecule has 1 aromatic rings. The molecule has 0 saturated heterocycles. The van der Waals surface area contributed by atoms with Gasteiger partial charge in [-0.15, -0.1) is 11.3 Å². The van der Waals surface area contributed by atoms with E-state index >= 15 is 0 Å². The fourth-order valence-corrected chi connectivity index (χ4v) is 2.26. The van der Waals surface area contributed by atoms with Gasteiger partial charge < -0.3 is 5.32 Å². The summed E-state index contributed by atoms with van der Waals surface area (Å²) in [6, 6.07) is -1.19. The summed E-state index contributed by atoms with van der Waals surface area (Å²) in [5, 5.41) is 1.46. The lowest BCUT2D eigenvalue weighted by molar-refractivity contribution is -0.140. The van der Waals surface area contributed by atoms with Gasteiger partial charge >= 0.3 is 12.4 Å². The summed E-state index contributed by atoms with van der Waals surface area (Å²) >= 11 is 0.240. The molecule has 0 bridgehead atoms. The second kappa shape index (κ2) is 6.08. The minimum absolute atomic E-state index is 0.0573. The van der Waals surface area contributed by atoms with Gasteiger partial charge in [-0.3, -0.25) is 0 Å². The Morgan fingerprint density at radius 1 is 1.26 bits per heavy atom. The number of thiazole rings is 1.